The highest BCUT2D eigenvalue weighted by Gasteiger charge is 2.41. The molecule has 0 atom stereocenters. The van der Waals surface area contributed by atoms with Crippen LogP contribution in [-0.2, 0) is 5.41 Å². The van der Waals surface area contributed by atoms with E-state index in [0.29, 0.717) is 0 Å². The molecule has 1 aliphatic carbocycles. The maximum atomic E-state index is 2.57. The van der Waals surface area contributed by atoms with Gasteiger partial charge in [-0.1, -0.05) is 281 Å². The Hall–Kier alpha value is -9.36. The maximum absolute atomic E-state index is 2.57. The van der Waals surface area contributed by atoms with Gasteiger partial charge in [-0.2, -0.15) is 0 Å². The van der Waals surface area contributed by atoms with Crippen molar-refractivity contribution >= 4 is 0 Å². The second-order valence-electron chi connectivity index (χ2n) is 20.4. The first-order valence-corrected chi connectivity index (χ1v) is 27.3. The molecule has 0 unspecified atom stereocenters. The molecule has 0 amide bonds. The zero-order valence-electron chi connectivity index (χ0n) is 43.6. The minimum Gasteiger partial charge on any atom is -0.0642 e. The Labute approximate surface area is 454 Å². The molecule has 0 fully saturated rings. The zero-order valence-corrected chi connectivity index (χ0v) is 43.6. The average molecular weight is 983 g/mol. The average Bonchev–Trinajstić information content (AvgIpc) is 3.88. The number of hydrogen-bond donors (Lipinski definition) is 0. The van der Waals surface area contributed by atoms with Crippen molar-refractivity contribution in [2.45, 2.75) is 32.1 Å². The Bertz CT molecular complexity index is 3760. The lowest BCUT2D eigenvalue weighted by Gasteiger charge is -2.31. The quantitative estimate of drug-likeness (QED) is 0.114. The minimum absolute atomic E-state index is 0.237. The van der Waals surface area contributed by atoms with Gasteiger partial charge in [-0.15, -0.1) is 0 Å². The van der Waals surface area contributed by atoms with Crippen LogP contribution in [0.1, 0.15) is 37.8 Å². The van der Waals surface area contributed by atoms with Crippen molar-refractivity contribution in [1.82, 2.24) is 0 Å². The summed E-state index contributed by atoms with van der Waals surface area (Å²) in [5, 5.41) is 0. The lowest BCUT2D eigenvalue weighted by molar-refractivity contribution is 0.491. The van der Waals surface area contributed by atoms with Gasteiger partial charge in [0.2, 0.25) is 0 Å². The highest BCUT2D eigenvalue weighted by atomic mass is 14.4. The smallest absolute Gasteiger partial charge is 0.0210 e. The third-order valence-corrected chi connectivity index (χ3v) is 16.4. The van der Waals surface area contributed by atoms with Gasteiger partial charge in [0, 0.05) is 5.41 Å². The molecule has 0 saturated heterocycles. The fourth-order valence-corrected chi connectivity index (χ4v) is 12.8. The first-order chi connectivity index (χ1) is 38.1. The summed E-state index contributed by atoms with van der Waals surface area (Å²) in [4.78, 5) is 0. The van der Waals surface area contributed by atoms with Crippen LogP contribution in [0, 0.1) is 0 Å². The van der Waals surface area contributed by atoms with Crippen molar-refractivity contribution in [3.05, 3.63) is 302 Å². The molecule has 366 valence electrons. The molecule has 0 radical (unpaired) electrons. The largest absolute Gasteiger partial charge is 0.0642 e. The molecule has 0 N–H and O–H groups in total. The van der Waals surface area contributed by atoms with Crippen molar-refractivity contribution in [3.8, 4) is 122 Å². The second kappa shape index (κ2) is 20.4. The van der Waals surface area contributed by atoms with Gasteiger partial charge in [0.15, 0.2) is 0 Å². The summed E-state index contributed by atoms with van der Waals surface area (Å²) in [5.41, 5.74) is 29.5. The molecule has 77 heavy (non-hydrogen) atoms. The van der Waals surface area contributed by atoms with Gasteiger partial charge in [0.05, 0.1) is 0 Å². The van der Waals surface area contributed by atoms with Crippen molar-refractivity contribution in [1.29, 1.82) is 0 Å². The normalized spacial score (nSPS) is 12.2. The second-order valence-corrected chi connectivity index (χ2v) is 20.4. The molecular weight excluding hydrogens is 925 g/mol. The SMILES string of the molecule is CCC1(CC)c2cc(-c3cc(-c4ccccc4)c(-c4ccccc4)c(-c4ccccc4)c3-c3ccccc3)ccc2-c2ccc(-c3cc(-c4ccccc4)c(-c4ccccc4)c(-c4ccccc4)c3-c3ccccc3)cc21. The first-order valence-electron chi connectivity index (χ1n) is 27.3. The molecule has 0 bridgehead atoms. The summed E-state index contributed by atoms with van der Waals surface area (Å²) >= 11 is 0. The van der Waals surface area contributed by atoms with Gasteiger partial charge >= 0.3 is 0 Å². The van der Waals surface area contributed by atoms with E-state index < -0.39 is 0 Å². The Kier molecular flexibility index (Phi) is 12.5. The Morgan fingerprint density at radius 2 is 0.416 bits per heavy atom. The van der Waals surface area contributed by atoms with Crippen LogP contribution in [0.4, 0.5) is 0 Å². The standard InChI is InChI=1S/C77H58/c1-3-77(4-2)69-49-61(67-51-65(53-29-13-5-14-30-53)71(55-33-17-7-18-34-55)75(59-41-25-11-26-42-59)73(67)57-37-21-9-22-38-57)45-47-63(69)64-48-46-62(50-70(64)77)68-52-66(54-31-15-6-16-32-54)72(56-35-19-8-20-36-56)76(60-43-27-12-28-44-60)74(68)58-39-23-10-24-40-58/h5-52H,3-4H2,1-2H3. The van der Waals surface area contributed by atoms with E-state index in [-0.39, 0.29) is 5.41 Å². The summed E-state index contributed by atoms with van der Waals surface area (Å²) in [6, 6.07) is 108. The van der Waals surface area contributed by atoms with E-state index in [1.54, 1.807) is 0 Å². The predicted molar refractivity (Wildman–Crippen MR) is 328 cm³/mol. The zero-order chi connectivity index (χ0) is 51.7. The molecular formula is C77H58. The lowest BCUT2D eigenvalue weighted by Crippen LogP contribution is -2.23. The van der Waals surface area contributed by atoms with E-state index in [0.717, 1.165) is 12.8 Å². The number of hydrogen-bond acceptors (Lipinski definition) is 0. The summed E-state index contributed by atoms with van der Waals surface area (Å²) in [6.45, 7) is 4.80. The van der Waals surface area contributed by atoms with Crippen LogP contribution in [0.3, 0.4) is 0 Å². The number of fused-ring (bicyclic) bond motifs is 3. The van der Waals surface area contributed by atoms with Gasteiger partial charge in [-0.25, -0.2) is 0 Å². The topological polar surface area (TPSA) is 0 Å². The van der Waals surface area contributed by atoms with Crippen LogP contribution >= 0.6 is 0 Å². The molecule has 0 saturated carbocycles. The third kappa shape index (κ3) is 8.35. The highest BCUT2D eigenvalue weighted by Crippen LogP contribution is 2.58. The summed E-state index contributed by atoms with van der Waals surface area (Å²) in [7, 11) is 0. The molecule has 0 heteroatoms. The van der Waals surface area contributed by atoms with Gasteiger partial charge < -0.3 is 0 Å². The van der Waals surface area contributed by atoms with Gasteiger partial charge in [0.1, 0.15) is 0 Å². The Morgan fingerprint density at radius 1 is 0.195 bits per heavy atom. The van der Waals surface area contributed by atoms with Crippen LogP contribution in [0.5, 0.6) is 0 Å². The van der Waals surface area contributed by atoms with Crippen LogP contribution < -0.4 is 0 Å². The van der Waals surface area contributed by atoms with Crippen LogP contribution in [-0.4, -0.2) is 0 Å². The predicted octanol–water partition coefficient (Wildman–Crippen LogP) is 21.4. The number of rotatable bonds is 12. The molecule has 12 aromatic carbocycles. The van der Waals surface area contributed by atoms with E-state index >= 15 is 0 Å². The van der Waals surface area contributed by atoms with Gasteiger partial charge in [-0.3, -0.25) is 0 Å². The molecule has 0 aromatic heterocycles. The molecule has 0 heterocycles. The fourth-order valence-electron chi connectivity index (χ4n) is 12.8. The van der Waals surface area contributed by atoms with E-state index in [9.17, 15) is 0 Å². The Morgan fingerprint density at radius 3 is 0.662 bits per heavy atom. The highest BCUT2D eigenvalue weighted by molar-refractivity contribution is 6.09. The molecule has 13 rings (SSSR count). The summed E-state index contributed by atoms with van der Waals surface area (Å²) < 4.78 is 0. The van der Waals surface area contributed by atoms with Crippen LogP contribution in [0.2, 0.25) is 0 Å². The molecule has 1 aliphatic rings. The van der Waals surface area contributed by atoms with Crippen molar-refractivity contribution in [3.63, 3.8) is 0 Å². The van der Waals surface area contributed by atoms with E-state index in [2.05, 4.69) is 305 Å². The first kappa shape index (κ1) is 47.4. The van der Waals surface area contributed by atoms with Crippen LogP contribution in [0.25, 0.3) is 122 Å². The molecule has 0 aliphatic heterocycles. The van der Waals surface area contributed by atoms with Gasteiger partial charge in [0.25, 0.3) is 0 Å². The van der Waals surface area contributed by atoms with E-state index in [1.807, 2.05) is 0 Å². The fraction of sp³-hybridized carbons (Fsp3) is 0.0649. The minimum atomic E-state index is -0.237. The summed E-state index contributed by atoms with van der Waals surface area (Å²) in [5.74, 6) is 0. The van der Waals surface area contributed by atoms with Crippen LogP contribution in [0.15, 0.2) is 291 Å². The maximum Gasteiger partial charge on any atom is 0.0210 e. The lowest BCUT2D eigenvalue weighted by atomic mass is 9.72. The number of benzene rings is 12. The van der Waals surface area contributed by atoms with E-state index in [4.69, 9.17) is 0 Å². The van der Waals surface area contributed by atoms with E-state index in [1.165, 1.54) is 134 Å². The Balaban J connectivity index is 1.07. The third-order valence-electron chi connectivity index (χ3n) is 16.4. The van der Waals surface area contributed by atoms with Crippen molar-refractivity contribution < 1.29 is 0 Å². The molecule has 0 spiro atoms. The van der Waals surface area contributed by atoms with Gasteiger partial charge in [-0.05, 0) is 171 Å². The van der Waals surface area contributed by atoms with Crippen molar-refractivity contribution in [2.24, 2.45) is 0 Å². The molecule has 12 aromatic rings. The summed E-state index contributed by atoms with van der Waals surface area (Å²) in [6.07, 6.45) is 1.92. The van der Waals surface area contributed by atoms with Crippen molar-refractivity contribution in [2.75, 3.05) is 0 Å². The molecule has 0 nitrogen and oxygen atoms in total. The monoisotopic (exact) mass is 982 g/mol.